The molecular weight excluding hydrogens is 343 g/mol. The molecule has 1 heterocycles. The Morgan fingerprint density at radius 1 is 1.04 bits per heavy atom. The molecule has 4 heteroatoms. The van der Waals surface area contributed by atoms with Crippen LogP contribution in [0.4, 0.5) is 0 Å². The first-order chi connectivity index (χ1) is 12.8. The zero-order valence-electron chi connectivity index (χ0n) is 15.3. The highest BCUT2D eigenvalue weighted by molar-refractivity contribution is 7.54. The van der Waals surface area contributed by atoms with E-state index in [-0.39, 0.29) is 11.6 Å². The lowest BCUT2D eigenvalue weighted by Crippen LogP contribution is -2.31. The molecule has 0 amide bonds. The van der Waals surface area contributed by atoms with Gasteiger partial charge in [0.05, 0.1) is 0 Å². The van der Waals surface area contributed by atoms with Crippen LogP contribution in [0, 0.1) is 5.92 Å². The highest BCUT2D eigenvalue weighted by atomic mass is 31.1. The lowest BCUT2D eigenvalue weighted by molar-refractivity contribution is -0.145. The van der Waals surface area contributed by atoms with Crippen molar-refractivity contribution in [3.05, 3.63) is 71.8 Å². The van der Waals surface area contributed by atoms with Crippen molar-refractivity contribution in [2.75, 3.05) is 12.8 Å². The third kappa shape index (κ3) is 5.40. The van der Waals surface area contributed by atoms with Crippen LogP contribution >= 0.6 is 8.15 Å². The molecule has 138 valence electrons. The average molecular weight is 370 g/mol. The Bertz CT molecular complexity index is 674. The molecule has 0 spiro atoms. The predicted molar refractivity (Wildman–Crippen MR) is 106 cm³/mol. The average Bonchev–Trinajstić information content (AvgIpc) is 2.69. The molecule has 0 saturated carbocycles. The molecule has 1 fully saturated rings. The van der Waals surface area contributed by atoms with E-state index in [0.29, 0.717) is 19.1 Å². The number of rotatable bonds is 7. The summed E-state index contributed by atoms with van der Waals surface area (Å²) in [7, 11) is -0.731. The maximum Gasteiger partial charge on any atom is 0.315 e. The second-order valence-electron chi connectivity index (χ2n) is 6.75. The van der Waals surface area contributed by atoms with Gasteiger partial charge in [0.2, 0.25) is 0 Å². The van der Waals surface area contributed by atoms with Crippen molar-refractivity contribution in [1.82, 2.24) is 0 Å². The first-order valence-corrected chi connectivity index (χ1v) is 10.9. The summed E-state index contributed by atoms with van der Waals surface area (Å²) in [5.41, 5.74) is 2.27. The molecule has 3 atom stereocenters. The van der Waals surface area contributed by atoms with Gasteiger partial charge in [-0.25, -0.2) is 0 Å². The summed E-state index contributed by atoms with van der Waals surface area (Å²) < 4.78 is 11.6. The van der Waals surface area contributed by atoms with Crippen molar-refractivity contribution < 1.29 is 14.1 Å². The molecule has 3 nitrogen and oxygen atoms in total. The third-order valence-electron chi connectivity index (χ3n) is 4.82. The van der Waals surface area contributed by atoms with Gasteiger partial charge in [-0.05, 0) is 49.4 Å². The zero-order chi connectivity index (χ0) is 18.2. The van der Waals surface area contributed by atoms with Gasteiger partial charge in [0.15, 0.2) is 0 Å². The molecule has 3 unspecified atom stereocenters. The summed E-state index contributed by atoms with van der Waals surface area (Å²) >= 11 is 0. The Morgan fingerprint density at radius 2 is 1.69 bits per heavy atom. The van der Waals surface area contributed by atoms with E-state index in [2.05, 4.69) is 24.3 Å². The molecule has 1 saturated heterocycles. The topological polar surface area (TPSA) is 35.5 Å². The van der Waals surface area contributed by atoms with Gasteiger partial charge in [0.25, 0.3) is 0 Å². The van der Waals surface area contributed by atoms with Crippen LogP contribution in [0.1, 0.15) is 30.9 Å². The van der Waals surface area contributed by atoms with Crippen LogP contribution in [-0.2, 0) is 27.1 Å². The van der Waals surface area contributed by atoms with Crippen LogP contribution in [0.25, 0.3) is 0 Å². The maximum absolute atomic E-state index is 12.8. The standard InChI is InChI=1S/C22H27O3P/c1-2-25-26-14-13-20(15-18-9-5-3-6-10-18)16-21(26)22(23)24-17-19-11-7-4-8-12-19/h3-12,20-21H,2,13-17H2,1H3. The largest absolute Gasteiger partial charge is 0.460 e. The van der Waals surface area contributed by atoms with Gasteiger partial charge in [-0.2, -0.15) is 0 Å². The molecule has 26 heavy (non-hydrogen) atoms. The smallest absolute Gasteiger partial charge is 0.315 e. The fourth-order valence-electron chi connectivity index (χ4n) is 3.51. The van der Waals surface area contributed by atoms with Gasteiger partial charge in [0, 0.05) is 14.8 Å². The number of ether oxygens (including phenoxy) is 1. The quantitative estimate of drug-likeness (QED) is 0.497. The van der Waals surface area contributed by atoms with E-state index >= 15 is 0 Å². The zero-order valence-corrected chi connectivity index (χ0v) is 16.2. The van der Waals surface area contributed by atoms with Gasteiger partial charge in [-0.3, -0.25) is 4.79 Å². The molecule has 0 aliphatic carbocycles. The van der Waals surface area contributed by atoms with Gasteiger partial charge in [0.1, 0.15) is 12.3 Å². The fraction of sp³-hybridized carbons (Fsp3) is 0.409. The molecule has 1 aliphatic rings. The van der Waals surface area contributed by atoms with Crippen LogP contribution in [0.15, 0.2) is 60.7 Å². The summed E-state index contributed by atoms with van der Waals surface area (Å²) in [6.45, 7) is 3.01. The normalized spacial score (nSPS) is 22.7. The number of hydrogen-bond acceptors (Lipinski definition) is 3. The summed E-state index contributed by atoms with van der Waals surface area (Å²) in [6, 6.07) is 20.4. The van der Waals surface area contributed by atoms with Crippen molar-refractivity contribution in [1.29, 1.82) is 0 Å². The summed E-state index contributed by atoms with van der Waals surface area (Å²) in [5.74, 6) is 0.428. The van der Waals surface area contributed by atoms with Crippen molar-refractivity contribution in [2.24, 2.45) is 5.92 Å². The van der Waals surface area contributed by atoms with Crippen LogP contribution in [0.5, 0.6) is 0 Å². The number of benzene rings is 2. The number of carbonyl (C=O) groups is 1. The van der Waals surface area contributed by atoms with Crippen LogP contribution in [-0.4, -0.2) is 24.4 Å². The molecule has 0 radical (unpaired) electrons. The van der Waals surface area contributed by atoms with Crippen LogP contribution < -0.4 is 0 Å². The minimum Gasteiger partial charge on any atom is -0.460 e. The molecule has 0 bridgehead atoms. The Balaban J connectivity index is 1.61. The number of carbonyl (C=O) groups excluding carboxylic acids is 1. The number of hydrogen-bond donors (Lipinski definition) is 0. The van der Waals surface area contributed by atoms with E-state index in [1.807, 2.05) is 43.3 Å². The van der Waals surface area contributed by atoms with E-state index in [4.69, 9.17) is 9.26 Å². The van der Waals surface area contributed by atoms with Gasteiger partial charge in [-0.1, -0.05) is 60.7 Å². The highest BCUT2D eigenvalue weighted by Gasteiger charge is 2.37. The van der Waals surface area contributed by atoms with Gasteiger partial charge >= 0.3 is 5.97 Å². The van der Waals surface area contributed by atoms with Crippen molar-refractivity contribution in [2.45, 2.75) is 38.5 Å². The van der Waals surface area contributed by atoms with E-state index < -0.39 is 8.15 Å². The molecule has 2 aromatic rings. The lowest BCUT2D eigenvalue weighted by atomic mass is 9.92. The Labute approximate surface area is 157 Å². The van der Waals surface area contributed by atoms with Crippen molar-refractivity contribution >= 4 is 14.1 Å². The van der Waals surface area contributed by atoms with Crippen LogP contribution in [0.2, 0.25) is 0 Å². The van der Waals surface area contributed by atoms with E-state index in [1.54, 1.807) is 0 Å². The predicted octanol–water partition coefficient (Wildman–Crippen LogP) is 5.18. The molecule has 2 aromatic carbocycles. The highest BCUT2D eigenvalue weighted by Crippen LogP contribution is 2.51. The van der Waals surface area contributed by atoms with Crippen LogP contribution in [0.3, 0.4) is 0 Å². The molecule has 1 aliphatic heterocycles. The summed E-state index contributed by atoms with van der Waals surface area (Å²) in [4.78, 5) is 12.8. The fourth-order valence-corrected chi connectivity index (χ4v) is 5.92. The molecular formula is C22H27O3P. The first-order valence-electron chi connectivity index (χ1n) is 9.40. The van der Waals surface area contributed by atoms with Gasteiger partial charge < -0.3 is 9.26 Å². The third-order valence-corrected chi connectivity index (χ3v) is 7.23. The minimum atomic E-state index is -0.731. The van der Waals surface area contributed by atoms with E-state index in [0.717, 1.165) is 31.0 Å². The van der Waals surface area contributed by atoms with E-state index in [9.17, 15) is 4.79 Å². The number of esters is 1. The second kappa shape index (κ2) is 9.85. The molecule has 3 rings (SSSR count). The maximum atomic E-state index is 12.8. The van der Waals surface area contributed by atoms with Crippen molar-refractivity contribution in [3.8, 4) is 0 Å². The lowest BCUT2D eigenvalue weighted by Gasteiger charge is -2.34. The summed E-state index contributed by atoms with van der Waals surface area (Å²) in [5, 5.41) is 0. The Kier molecular flexibility index (Phi) is 7.22. The Hall–Kier alpha value is -1.70. The monoisotopic (exact) mass is 370 g/mol. The minimum absolute atomic E-state index is 0.0915. The Morgan fingerprint density at radius 3 is 2.35 bits per heavy atom. The molecule has 0 N–H and O–H groups in total. The summed E-state index contributed by atoms with van der Waals surface area (Å²) in [6.07, 6.45) is 4.02. The first kappa shape index (κ1) is 19.1. The van der Waals surface area contributed by atoms with Crippen molar-refractivity contribution in [3.63, 3.8) is 0 Å². The van der Waals surface area contributed by atoms with E-state index in [1.165, 1.54) is 5.56 Å². The van der Waals surface area contributed by atoms with Gasteiger partial charge in [-0.15, -0.1) is 0 Å². The molecule has 0 aromatic heterocycles. The SMILES string of the molecule is CCOP1CCC(Cc2ccccc2)CC1C(=O)OCc1ccccc1. The second-order valence-corrected chi connectivity index (χ2v) is 8.91.